The third kappa shape index (κ3) is 20.1. The van der Waals surface area contributed by atoms with Gasteiger partial charge >= 0.3 is 6.09 Å². The standard InChI is InChI=1S/C27H49N3O5/c1-3-5-14-28-15-7-6-8-16-29-17-21-35-26-13-9-11-25(24-26)12-10-19-32-22-23-33-20-18-30-27(31)34-4-2/h9,11,13,24,28-29H,3-8,10,12,14-23H2,1-2H3,(H,30,31). The zero-order valence-corrected chi connectivity index (χ0v) is 22.1. The first kappa shape index (κ1) is 31.2. The Morgan fingerprint density at radius 3 is 2.29 bits per heavy atom. The van der Waals surface area contributed by atoms with Crippen LogP contribution in [0.25, 0.3) is 0 Å². The highest BCUT2D eigenvalue weighted by molar-refractivity contribution is 5.66. The van der Waals surface area contributed by atoms with Crippen LogP contribution < -0.4 is 20.7 Å². The Labute approximate surface area is 212 Å². The van der Waals surface area contributed by atoms with Crippen LogP contribution in [-0.2, 0) is 20.6 Å². The molecule has 1 amide bonds. The number of carbonyl (C=O) groups excluding carboxylic acids is 1. The van der Waals surface area contributed by atoms with Crippen molar-refractivity contribution in [3.8, 4) is 5.75 Å². The lowest BCUT2D eigenvalue weighted by Gasteiger charge is -2.10. The molecule has 0 saturated heterocycles. The molecule has 0 bridgehead atoms. The lowest BCUT2D eigenvalue weighted by atomic mass is 10.1. The molecule has 0 unspecified atom stereocenters. The molecule has 35 heavy (non-hydrogen) atoms. The van der Waals surface area contributed by atoms with E-state index in [9.17, 15) is 4.79 Å². The van der Waals surface area contributed by atoms with E-state index in [2.05, 4.69) is 35.0 Å². The summed E-state index contributed by atoms with van der Waals surface area (Å²) >= 11 is 0. The van der Waals surface area contributed by atoms with E-state index in [0.717, 1.165) is 44.8 Å². The van der Waals surface area contributed by atoms with Crippen LogP contribution in [0.3, 0.4) is 0 Å². The summed E-state index contributed by atoms with van der Waals surface area (Å²) in [6.07, 6.45) is 7.75. The minimum Gasteiger partial charge on any atom is -0.492 e. The molecule has 0 spiro atoms. The number of alkyl carbamates (subject to hydrolysis) is 1. The average Bonchev–Trinajstić information content (AvgIpc) is 2.86. The molecule has 0 radical (unpaired) electrons. The van der Waals surface area contributed by atoms with Crippen molar-refractivity contribution < 1.29 is 23.7 Å². The molecular weight excluding hydrogens is 446 g/mol. The van der Waals surface area contributed by atoms with Crippen LogP contribution in [0, 0.1) is 0 Å². The fourth-order valence-electron chi connectivity index (χ4n) is 3.37. The topological polar surface area (TPSA) is 90.1 Å². The number of benzene rings is 1. The summed E-state index contributed by atoms with van der Waals surface area (Å²) in [6, 6.07) is 8.30. The number of hydrogen-bond donors (Lipinski definition) is 3. The minimum absolute atomic E-state index is 0.368. The van der Waals surface area contributed by atoms with E-state index in [-0.39, 0.29) is 0 Å². The lowest BCUT2D eigenvalue weighted by Crippen LogP contribution is -2.28. The molecule has 0 aliphatic rings. The van der Waals surface area contributed by atoms with E-state index in [1.54, 1.807) is 6.92 Å². The van der Waals surface area contributed by atoms with Crippen LogP contribution in [-0.4, -0.2) is 78.5 Å². The zero-order chi connectivity index (χ0) is 25.2. The lowest BCUT2D eigenvalue weighted by molar-refractivity contribution is 0.0476. The summed E-state index contributed by atoms with van der Waals surface area (Å²) in [4.78, 5) is 11.1. The second-order valence-electron chi connectivity index (χ2n) is 8.39. The van der Waals surface area contributed by atoms with Crippen molar-refractivity contribution >= 4 is 6.09 Å². The Bertz CT molecular complexity index is 618. The first-order valence-electron chi connectivity index (χ1n) is 13.5. The first-order valence-corrected chi connectivity index (χ1v) is 13.5. The van der Waals surface area contributed by atoms with Gasteiger partial charge in [-0.1, -0.05) is 31.9 Å². The smallest absolute Gasteiger partial charge is 0.407 e. The number of ether oxygens (including phenoxy) is 4. The molecule has 0 heterocycles. The fourth-order valence-corrected chi connectivity index (χ4v) is 3.37. The van der Waals surface area contributed by atoms with Crippen LogP contribution in [0.4, 0.5) is 4.79 Å². The van der Waals surface area contributed by atoms with Gasteiger partial charge in [0, 0.05) is 19.7 Å². The van der Waals surface area contributed by atoms with Gasteiger partial charge in [0.1, 0.15) is 12.4 Å². The number of aryl methyl sites for hydroxylation is 1. The van der Waals surface area contributed by atoms with Crippen LogP contribution in [0.15, 0.2) is 24.3 Å². The molecule has 0 fully saturated rings. The predicted octanol–water partition coefficient (Wildman–Crippen LogP) is 3.93. The largest absolute Gasteiger partial charge is 0.492 e. The Kier molecular flexibility index (Phi) is 21.2. The van der Waals surface area contributed by atoms with E-state index in [1.165, 1.54) is 37.7 Å². The van der Waals surface area contributed by atoms with Gasteiger partial charge in [-0.15, -0.1) is 0 Å². The molecule has 0 saturated carbocycles. The van der Waals surface area contributed by atoms with Gasteiger partial charge in [-0.2, -0.15) is 0 Å². The molecule has 1 aromatic carbocycles. The Balaban J connectivity index is 1.93. The Morgan fingerprint density at radius 2 is 1.51 bits per heavy atom. The number of carbonyl (C=O) groups is 1. The van der Waals surface area contributed by atoms with E-state index >= 15 is 0 Å². The van der Waals surface area contributed by atoms with Crippen molar-refractivity contribution in [2.75, 3.05) is 72.4 Å². The number of unbranched alkanes of at least 4 members (excludes halogenated alkanes) is 3. The number of nitrogens with one attached hydrogen (secondary N) is 3. The van der Waals surface area contributed by atoms with Gasteiger partial charge in [-0.05, 0) is 76.4 Å². The Morgan fingerprint density at radius 1 is 0.771 bits per heavy atom. The van der Waals surface area contributed by atoms with Gasteiger partial charge in [0.2, 0.25) is 0 Å². The summed E-state index contributed by atoms with van der Waals surface area (Å²) < 4.78 is 21.7. The molecule has 0 aliphatic carbocycles. The molecule has 0 atom stereocenters. The van der Waals surface area contributed by atoms with Crippen molar-refractivity contribution in [1.29, 1.82) is 0 Å². The second-order valence-corrected chi connectivity index (χ2v) is 8.39. The number of hydrogen-bond acceptors (Lipinski definition) is 7. The first-order chi connectivity index (χ1) is 17.3. The van der Waals surface area contributed by atoms with Crippen LogP contribution in [0.5, 0.6) is 5.75 Å². The average molecular weight is 496 g/mol. The third-order valence-corrected chi connectivity index (χ3v) is 5.28. The minimum atomic E-state index is -0.411. The van der Waals surface area contributed by atoms with Crippen molar-refractivity contribution in [1.82, 2.24) is 16.0 Å². The van der Waals surface area contributed by atoms with Crippen molar-refractivity contribution in [2.24, 2.45) is 0 Å². The summed E-state index contributed by atoms with van der Waals surface area (Å²) in [5, 5.41) is 9.56. The quantitative estimate of drug-likeness (QED) is 0.187. The summed E-state index contributed by atoms with van der Waals surface area (Å²) in [5.41, 5.74) is 1.26. The highest BCUT2D eigenvalue weighted by Gasteiger charge is 2.00. The maximum absolute atomic E-state index is 11.1. The third-order valence-electron chi connectivity index (χ3n) is 5.28. The zero-order valence-electron chi connectivity index (χ0n) is 22.1. The highest BCUT2D eigenvalue weighted by atomic mass is 16.5. The molecular formula is C27H49N3O5. The van der Waals surface area contributed by atoms with Gasteiger partial charge in [-0.3, -0.25) is 0 Å². The molecule has 0 aromatic heterocycles. The van der Waals surface area contributed by atoms with E-state index < -0.39 is 6.09 Å². The van der Waals surface area contributed by atoms with Gasteiger partial charge in [0.05, 0.1) is 26.4 Å². The van der Waals surface area contributed by atoms with E-state index in [0.29, 0.717) is 46.2 Å². The van der Waals surface area contributed by atoms with Gasteiger partial charge in [0.25, 0.3) is 0 Å². The summed E-state index contributed by atoms with van der Waals surface area (Å²) in [7, 11) is 0. The van der Waals surface area contributed by atoms with Gasteiger partial charge < -0.3 is 34.9 Å². The molecule has 8 nitrogen and oxygen atoms in total. The van der Waals surface area contributed by atoms with Crippen LogP contribution in [0.1, 0.15) is 57.9 Å². The molecule has 0 aliphatic heterocycles. The SMILES string of the molecule is CCCCNCCCCCNCCOc1cccc(CCCOCCOCCNC(=O)OCC)c1. The maximum atomic E-state index is 11.1. The van der Waals surface area contributed by atoms with Gasteiger partial charge in [-0.25, -0.2) is 4.79 Å². The van der Waals surface area contributed by atoms with Crippen LogP contribution in [0.2, 0.25) is 0 Å². The van der Waals surface area contributed by atoms with E-state index in [1.807, 2.05) is 12.1 Å². The molecule has 3 N–H and O–H groups in total. The van der Waals surface area contributed by atoms with Gasteiger partial charge in [0.15, 0.2) is 0 Å². The maximum Gasteiger partial charge on any atom is 0.407 e. The number of rotatable bonds is 24. The number of amides is 1. The highest BCUT2D eigenvalue weighted by Crippen LogP contribution is 2.14. The van der Waals surface area contributed by atoms with E-state index in [4.69, 9.17) is 18.9 Å². The predicted molar refractivity (Wildman–Crippen MR) is 141 cm³/mol. The molecule has 202 valence electrons. The van der Waals surface area contributed by atoms with Crippen molar-refractivity contribution in [3.63, 3.8) is 0 Å². The normalized spacial score (nSPS) is 10.9. The Hall–Kier alpha value is -1.87. The van der Waals surface area contributed by atoms with Crippen LogP contribution >= 0.6 is 0 Å². The van der Waals surface area contributed by atoms with Crippen molar-refractivity contribution in [2.45, 2.75) is 58.8 Å². The monoisotopic (exact) mass is 495 g/mol. The summed E-state index contributed by atoms with van der Waals surface area (Å²) in [5.74, 6) is 0.924. The fraction of sp³-hybridized carbons (Fsp3) is 0.741. The molecule has 8 heteroatoms. The molecule has 1 aromatic rings. The summed E-state index contributed by atoms with van der Waals surface area (Å²) in [6.45, 7) is 11.9. The second kappa shape index (κ2) is 23.9. The van der Waals surface area contributed by atoms with Crippen molar-refractivity contribution in [3.05, 3.63) is 29.8 Å². The molecule has 1 rings (SSSR count).